The first-order valence-electron chi connectivity index (χ1n) is 9.26. The number of anilines is 1. The normalized spacial score (nSPS) is 20.4. The van der Waals surface area contributed by atoms with Gasteiger partial charge in [-0.05, 0) is 30.9 Å². The molecule has 3 heterocycles. The summed E-state index contributed by atoms with van der Waals surface area (Å²) < 4.78 is 0. The second kappa shape index (κ2) is 7.04. The number of carbonyl (C=O) groups is 1. The number of rotatable bonds is 4. The van der Waals surface area contributed by atoms with Crippen LogP contribution < -0.4 is 10.9 Å². The van der Waals surface area contributed by atoms with E-state index in [2.05, 4.69) is 35.7 Å². The highest BCUT2D eigenvalue weighted by molar-refractivity contribution is 7.99. The first kappa shape index (κ1) is 19.2. The highest BCUT2D eigenvalue weighted by Gasteiger charge is 2.42. The fourth-order valence-electron chi connectivity index (χ4n) is 3.99. The lowest BCUT2D eigenvalue weighted by Crippen LogP contribution is -2.36. The van der Waals surface area contributed by atoms with E-state index >= 15 is 0 Å². The van der Waals surface area contributed by atoms with Crippen molar-refractivity contribution < 1.29 is 4.79 Å². The third kappa shape index (κ3) is 3.37. The highest BCUT2D eigenvalue weighted by atomic mass is 32.2. The van der Waals surface area contributed by atoms with Crippen LogP contribution in [0.3, 0.4) is 0 Å². The lowest BCUT2D eigenvalue weighted by Gasteiger charge is -2.38. The first-order valence-corrected chi connectivity index (χ1v) is 11.1. The third-order valence-corrected chi connectivity index (χ3v) is 7.02. The molecule has 1 atom stereocenters. The van der Waals surface area contributed by atoms with E-state index in [1.807, 2.05) is 19.1 Å². The Labute approximate surface area is 172 Å². The number of hydrogen-bond donors (Lipinski definition) is 2. The van der Waals surface area contributed by atoms with Gasteiger partial charge in [0.15, 0.2) is 10.9 Å². The van der Waals surface area contributed by atoms with Gasteiger partial charge in [-0.25, -0.2) is 4.98 Å². The van der Waals surface area contributed by atoms with Crippen molar-refractivity contribution in [2.45, 2.75) is 44.7 Å². The Hall–Kier alpha value is -2.12. The zero-order valence-corrected chi connectivity index (χ0v) is 17.9. The van der Waals surface area contributed by atoms with Crippen molar-refractivity contribution in [3.8, 4) is 0 Å². The smallest absolute Gasteiger partial charge is 0.257 e. The molecule has 2 aromatic rings. The van der Waals surface area contributed by atoms with E-state index in [4.69, 9.17) is 0 Å². The number of aromatic nitrogens is 2. The van der Waals surface area contributed by atoms with Crippen molar-refractivity contribution in [2.24, 2.45) is 5.41 Å². The minimum atomic E-state index is -0.358. The molecule has 0 bridgehead atoms. The van der Waals surface area contributed by atoms with Gasteiger partial charge in [-0.3, -0.25) is 9.59 Å². The number of aryl methyl sites for hydroxylation is 1. The van der Waals surface area contributed by atoms with Crippen molar-refractivity contribution in [1.29, 1.82) is 0 Å². The number of thiophene rings is 1. The van der Waals surface area contributed by atoms with Crippen LogP contribution in [0.4, 0.5) is 5.82 Å². The van der Waals surface area contributed by atoms with Crippen LogP contribution in [0, 0.1) is 12.3 Å². The van der Waals surface area contributed by atoms with Gasteiger partial charge in [0.1, 0.15) is 5.82 Å². The zero-order chi connectivity index (χ0) is 20.1. The minimum Gasteiger partial charge on any atom is -0.343 e. The Kier molecular flexibility index (Phi) is 4.83. The number of Topliss-reactive ketones (excluding diaryl/α,β-unsaturated/α-hetero) is 1. The summed E-state index contributed by atoms with van der Waals surface area (Å²) in [6.45, 7) is 9.96. The lowest BCUT2D eigenvalue weighted by molar-refractivity contribution is -0.118. The molecule has 0 radical (unpaired) electrons. The summed E-state index contributed by atoms with van der Waals surface area (Å²) in [5, 5.41) is 3.90. The lowest BCUT2D eigenvalue weighted by atomic mass is 9.70. The monoisotopic (exact) mass is 413 g/mol. The van der Waals surface area contributed by atoms with Gasteiger partial charge in [-0.15, -0.1) is 17.9 Å². The summed E-state index contributed by atoms with van der Waals surface area (Å²) in [5.41, 5.74) is 1.87. The molecular weight excluding hydrogens is 390 g/mol. The molecular formula is C21H23N3O2S2. The summed E-state index contributed by atoms with van der Waals surface area (Å²) in [6.07, 6.45) is 3.03. The van der Waals surface area contributed by atoms with Crippen LogP contribution in [-0.2, 0) is 4.79 Å². The summed E-state index contributed by atoms with van der Waals surface area (Å²) >= 11 is 3.06. The predicted octanol–water partition coefficient (Wildman–Crippen LogP) is 4.62. The number of aromatic amines is 1. The second-order valence-electron chi connectivity index (χ2n) is 8.07. The maximum Gasteiger partial charge on any atom is 0.257 e. The van der Waals surface area contributed by atoms with E-state index < -0.39 is 0 Å². The molecule has 7 heteroatoms. The summed E-state index contributed by atoms with van der Waals surface area (Å²) in [5.74, 6) is 0.984. The second-order valence-corrected chi connectivity index (χ2v) is 10.4. The number of hydrogen-bond acceptors (Lipinski definition) is 6. The van der Waals surface area contributed by atoms with Crippen molar-refractivity contribution in [3.05, 3.63) is 61.7 Å². The van der Waals surface area contributed by atoms with E-state index in [-0.39, 0.29) is 22.7 Å². The number of thioether (sulfide) groups is 1. The van der Waals surface area contributed by atoms with Crippen molar-refractivity contribution in [2.75, 3.05) is 11.1 Å². The number of ketones is 1. The number of nitrogens with one attached hydrogen (secondary N) is 2. The average molecular weight is 414 g/mol. The fourth-order valence-corrected chi connectivity index (χ4v) is 5.59. The van der Waals surface area contributed by atoms with Gasteiger partial charge in [0.25, 0.3) is 5.56 Å². The van der Waals surface area contributed by atoms with Gasteiger partial charge in [0.05, 0.1) is 11.5 Å². The number of fused-ring (bicyclic) bond motifs is 1. The van der Waals surface area contributed by atoms with E-state index in [9.17, 15) is 9.59 Å². The standard InChI is InChI=1S/C21H23N3O2S2/c1-5-8-27-20-23-18-17(19(26)24-20)16(14-7-6-11(2)28-14)15-12(22-18)9-21(3,4)10-13(15)25/h5-7,16H,1,8-10H2,2-4H3,(H2,22,23,24,26). The Balaban J connectivity index is 1.91. The molecule has 5 nitrogen and oxygen atoms in total. The van der Waals surface area contributed by atoms with Gasteiger partial charge in [-0.1, -0.05) is 31.7 Å². The maximum atomic E-state index is 13.1. The van der Waals surface area contributed by atoms with Gasteiger partial charge >= 0.3 is 0 Å². The molecule has 4 rings (SSSR count). The maximum absolute atomic E-state index is 13.1. The molecule has 0 spiro atoms. The van der Waals surface area contributed by atoms with E-state index in [0.29, 0.717) is 28.7 Å². The van der Waals surface area contributed by atoms with Crippen molar-refractivity contribution >= 4 is 34.7 Å². The van der Waals surface area contributed by atoms with Gasteiger partial charge in [0.2, 0.25) is 0 Å². The SMILES string of the molecule is C=CCSc1nc2c(c(=O)[nH]1)C(c1ccc(C)s1)C1=C(CC(C)(C)CC1=O)N2. The third-order valence-electron chi connectivity index (χ3n) is 5.08. The molecule has 0 aromatic carbocycles. The average Bonchev–Trinajstić information content (AvgIpc) is 3.03. The van der Waals surface area contributed by atoms with Crippen LogP contribution >= 0.6 is 23.1 Å². The zero-order valence-electron chi connectivity index (χ0n) is 16.2. The molecule has 1 unspecified atom stereocenters. The van der Waals surface area contributed by atoms with Gasteiger partial charge in [-0.2, -0.15) is 0 Å². The van der Waals surface area contributed by atoms with Crippen molar-refractivity contribution in [1.82, 2.24) is 9.97 Å². The number of allylic oxidation sites excluding steroid dienone is 2. The van der Waals surface area contributed by atoms with Crippen LogP contribution in [0.15, 0.2) is 46.0 Å². The highest BCUT2D eigenvalue weighted by Crippen LogP contribution is 2.48. The van der Waals surface area contributed by atoms with Crippen LogP contribution in [0.25, 0.3) is 0 Å². The molecule has 0 fully saturated rings. The Morgan fingerprint density at radius 2 is 2.14 bits per heavy atom. The van der Waals surface area contributed by atoms with Crippen LogP contribution in [0.5, 0.6) is 0 Å². The Bertz CT molecular complexity index is 1060. The van der Waals surface area contributed by atoms with E-state index in [1.54, 1.807) is 17.4 Å². The molecule has 2 aromatic heterocycles. The first-order chi connectivity index (χ1) is 13.3. The molecule has 1 aliphatic heterocycles. The van der Waals surface area contributed by atoms with Gasteiger partial charge in [0, 0.05) is 33.2 Å². The fraction of sp³-hybridized carbons (Fsp3) is 0.381. The molecule has 28 heavy (non-hydrogen) atoms. The quantitative estimate of drug-likeness (QED) is 0.435. The Morgan fingerprint density at radius 1 is 1.36 bits per heavy atom. The Morgan fingerprint density at radius 3 is 2.82 bits per heavy atom. The molecule has 0 saturated heterocycles. The van der Waals surface area contributed by atoms with Gasteiger partial charge < -0.3 is 10.3 Å². The summed E-state index contributed by atoms with van der Waals surface area (Å²) in [7, 11) is 0. The number of nitrogens with zero attached hydrogens (tertiary/aromatic N) is 1. The molecule has 146 valence electrons. The molecule has 1 aliphatic carbocycles. The number of carbonyl (C=O) groups excluding carboxylic acids is 1. The number of H-pyrrole nitrogens is 1. The molecule has 0 saturated carbocycles. The van der Waals surface area contributed by atoms with Crippen molar-refractivity contribution in [3.63, 3.8) is 0 Å². The van der Waals surface area contributed by atoms with Crippen LogP contribution in [-0.4, -0.2) is 21.5 Å². The molecule has 2 N–H and O–H groups in total. The van der Waals surface area contributed by atoms with E-state index in [1.165, 1.54) is 11.8 Å². The summed E-state index contributed by atoms with van der Waals surface area (Å²) in [6, 6.07) is 4.06. The largest absolute Gasteiger partial charge is 0.343 e. The minimum absolute atomic E-state index is 0.113. The molecule has 0 amide bonds. The van der Waals surface area contributed by atoms with E-state index in [0.717, 1.165) is 27.4 Å². The topological polar surface area (TPSA) is 74.8 Å². The van der Waals surface area contributed by atoms with Crippen LogP contribution in [0.2, 0.25) is 0 Å². The molecule has 2 aliphatic rings. The summed E-state index contributed by atoms with van der Waals surface area (Å²) in [4.78, 5) is 35.9. The van der Waals surface area contributed by atoms with Crippen LogP contribution in [0.1, 0.15) is 47.9 Å². The predicted molar refractivity (Wildman–Crippen MR) is 115 cm³/mol.